The van der Waals surface area contributed by atoms with Crippen molar-refractivity contribution in [2.24, 2.45) is 4.99 Å². The van der Waals surface area contributed by atoms with E-state index in [0.717, 1.165) is 18.2 Å². The van der Waals surface area contributed by atoms with Gasteiger partial charge in [0.1, 0.15) is 17.7 Å². The normalized spacial score (nSPS) is 21.5. The van der Waals surface area contributed by atoms with Gasteiger partial charge in [-0.3, -0.25) is 15.1 Å². The topological polar surface area (TPSA) is 53.5 Å². The molecule has 1 fully saturated rings. The smallest absolute Gasteiger partial charge is 0.254 e. The molecule has 1 saturated heterocycles. The first-order valence-electron chi connectivity index (χ1n) is 5.18. The van der Waals surface area contributed by atoms with Gasteiger partial charge in [0.15, 0.2) is 5.96 Å². The zero-order valence-corrected chi connectivity index (χ0v) is 9.13. The summed E-state index contributed by atoms with van der Waals surface area (Å²) in [7, 11) is 0. The molecule has 4 nitrogen and oxygen atoms in total. The number of hydrogen-bond donors (Lipinski definition) is 2. The van der Waals surface area contributed by atoms with Crippen molar-refractivity contribution in [1.82, 2.24) is 10.6 Å². The lowest BCUT2D eigenvalue weighted by Crippen LogP contribution is -2.25. The molecule has 2 N–H and O–H groups in total. The second-order valence-corrected chi connectivity index (χ2v) is 3.56. The van der Waals surface area contributed by atoms with Crippen molar-refractivity contribution >= 4 is 11.9 Å². The highest BCUT2D eigenvalue weighted by molar-refractivity contribution is 6.06. The van der Waals surface area contributed by atoms with Crippen molar-refractivity contribution in [3.8, 4) is 0 Å². The van der Waals surface area contributed by atoms with Gasteiger partial charge in [0.25, 0.3) is 5.91 Å². The molecule has 1 atom stereocenters. The summed E-state index contributed by atoms with van der Waals surface area (Å²) < 4.78 is 26.5. The summed E-state index contributed by atoms with van der Waals surface area (Å²) in [6.45, 7) is 2.29. The molecule has 1 aromatic rings. The monoisotopic (exact) mass is 239 g/mol. The minimum Gasteiger partial charge on any atom is -0.340 e. The van der Waals surface area contributed by atoms with Gasteiger partial charge in [0.2, 0.25) is 0 Å². The van der Waals surface area contributed by atoms with Crippen molar-refractivity contribution in [1.29, 1.82) is 0 Å². The molecule has 6 heteroatoms. The van der Waals surface area contributed by atoms with Crippen molar-refractivity contribution < 1.29 is 13.6 Å². The molecule has 1 unspecified atom stereocenters. The van der Waals surface area contributed by atoms with E-state index in [1.165, 1.54) is 0 Å². The van der Waals surface area contributed by atoms with Crippen molar-refractivity contribution in [3.05, 3.63) is 35.4 Å². The van der Waals surface area contributed by atoms with Gasteiger partial charge in [-0.1, -0.05) is 0 Å². The number of amides is 1. The maximum atomic E-state index is 13.5. The standard InChI is InChI=1S/C11H11F2N3O/c1-2-14-11-15-9(10(17)16-11)7-5-6(12)3-4-8(7)13/h3-5,9H,2H2,1H3,(H2,14,15,16,17). The number of aliphatic imine (C=N–C) groups is 1. The summed E-state index contributed by atoms with van der Waals surface area (Å²) >= 11 is 0. The molecule has 1 aliphatic heterocycles. The van der Waals surface area contributed by atoms with Crippen LogP contribution in [0.2, 0.25) is 0 Å². The molecule has 0 saturated carbocycles. The summed E-state index contributed by atoms with van der Waals surface area (Å²) in [5.74, 6) is -1.37. The van der Waals surface area contributed by atoms with Crippen molar-refractivity contribution in [3.63, 3.8) is 0 Å². The van der Waals surface area contributed by atoms with Crippen molar-refractivity contribution in [2.45, 2.75) is 13.0 Å². The lowest BCUT2D eigenvalue weighted by molar-refractivity contribution is -0.120. The first kappa shape index (κ1) is 11.5. The fourth-order valence-corrected chi connectivity index (χ4v) is 1.63. The van der Waals surface area contributed by atoms with E-state index in [0.29, 0.717) is 6.54 Å². The molecule has 1 heterocycles. The predicted molar refractivity (Wildman–Crippen MR) is 58.4 cm³/mol. The molecule has 0 spiro atoms. The van der Waals surface area contributed by atoms with Gasteiger partial charge in [-0.05, 0) is 25.1 Å². The van der Waals surface area contributed by atoms with Crippen LogP contribution in [0.15, 0.2) is 23.2 Å². The molecule has 1 amide bonds. The number of carbonyl (C=O) groups is 1. The highest BCUT2D eigenvalue weighted by atomic mass is 19.1. The van der Waals surface area contributed by atoms with Gasteiger partial charge in [0, 0.05) is 12.1 Å². The largest absolute Gasteiger partial charge is 0.340 e. The molecular formula is C11H11F2N3O. The molecule has 0 radical (unpaired) electrons. The minimum absolute atomic E-state index is 0.0243. The van der Waals surface area contributed by atoms with Gasteiger partial charge in [-0.25, -0.2) is 8.78 Å². The zero-order chi connectivity index (χ0) is 12.4. The van der Waals surface area contributed by atoms with Crippen LogP contribution in [0.4, 0.5) is 8.78 Å². The third-order valence-corrected chi connectivity index (χ3v) is 2.37. The van der Waals surface area contributed by atoms with Crippen LogP contribution in [0.1, 0.15) is 18.5 Å². The fraction of sp³-hybridized carbons (Fsp3) is 0.273. The van der Waals surface area contributed by atoms with Crippen LogP contribution in [0.3, 0.4) is 0 Å². The third kappa shape index (κ3) is 2.25. The third-order valence-electron chi connectivity index (χ3n) is 2.37. The second kappa shape index (κ2) is 4.48. The first-order chi connectivity index (χ1) is 8.11. The summed E-state index contributed by atoms with van der Waals surface area (Å²) in [5, 5.41) is 5.17. The Kier molecular flexibility index (Phi) is 3.03. The Morgan fingerprint density at radius 3 is 2.88 bits per heavy atom. The maximum Gasteiger partial charge on any atom is 0.254 e. The van der Waals surface area contributed by atoms with E-state index in [4.69, 9.17) is 0 Å². The van der Waals surface area contributed by atoms with E-state index in [1.54, 1.807) is 6.92 Å². The summed E-state index contributed by atoms with van der Waals surface area (Å²) in [6.07, 6.45) is 0. The van der Waals surface area contributed by atoms with Crippen LogP contribution in [0.5, 0.6) is 0 Å². The SMILES string of the molecule is CCN=C1NC(=O)C(c2cc(F)ccc2F)N1. The molecule has 0 aromatic heterocycles. The summed E-state index contributed by atoms with van der Waals surface area (Å²) in [4.78, 5) is 15.5. The van der Waals surface area contributed by atoms with Gasteiger partial charge < -0.3 is 5.32 Å². The first-order valence-corrected chi connectivity index (χ1v) is 5.18. The zero-order valence-electron chi connectivity index (χ0n) is 9.13. The van der Waals surface area contributed by atoms with Crippen LogP contribution >= 0.6 is 0 Å². The van der Waals surface area contributed by atoms with E-state index in [2.05, 4.69) is 15.6 Å². The molecule has 17 heavy (non-hydrogen) atoms. The van der Waals surface area contributed by atoms with Crippen LogP contribution < -0.4 is 10.6 Å². The van der Waals surface area contributed by atoms with Gasteiger partial charge in [-0.15, -0.1) is 0 Å². The summed E-state index contributed by atoms with van der Waals surface area (Å²) in [5.41, 5.74) is -0.0243. The number of guanidine groups is 1. The molecule has 2 rings (SSSR count). The van der Waals surface area contributed by atoms with Crippen LogP contribution in [-0.4, -0.2) is 18.4 Å². The Labute approximate surface area is 96.7 Å². The lowest BCUT2D eigenvalue weighted by atomic mass is 10.1. The predicted octanol–water partition coefficient (Wildman–Crippen LogP) is 1.10. The minimum atomic E-state index is -0.934. The maximum absolute atomic E-state index is 13.5. The molecule has 0 bridgehead atoms. The Balaban J connectivity index is 2.32. The van der Waals surface area contributed by atoms with E-state index < -0.39 is 23.6 Å². The quantitative estimate of drug-likeness (QED) is 0.812. The van der Waals surface area contributed by atoms with Crippen LogP contribution in [0.25, 0.3) is 0 Å². The lowest BCUT2D eigenvalue weighted by Gasteiger charge is -2.09. The van der Waals surface area contributed by atoms with Crippen LogP contribution in [0, 0.1) is 11.6 Å². The molecule has 1 aliphatic rings. The number of rotatable bonds is 2. The number of halogens is 2. The number of carbonyl (C=O) groups excluding carboxylic acids is 1. The Hall–Kier alpha value is -1.98. The highest BCUT2D eigenvalue weighted by Gasteiger charge is 2.31. The Bertz CT molecular complexity index is 488. The van der Waals surface area contributed by atoms with Gasteiger partial charge in [-0.2, -0.15) is 0 Å². The molecular weight excluding hydrogens is 228 g/mol. The fourth-order valence-electron chi connectivity index (χ4n) is 1.63. The average molecular weight is 239 g/mol. The Morgan fingerprint density at radius 2 is 2.18 bits per heavy atom. The van der Waals surface area contributed by atoms with Crippen molar-refractivity contribution in [2.75, 3.05) is 6.54 Å². The number of nitrogens with one attached hydrogen (secondary N) is 2. The Morgan fingerprint density at radius 1 is 1.41 bits per heavy atom. The van der Waals surface area contributed by atoms with Crippen LogP contribution in [-0.2, 0) is 4.79 Å². The molecule has 0 aliphatic carbocycles. The van der Waals surface area contributed by atoms with Gasteiger partial charge >= 0.3 is 0 Å². The van der Waals surface area contributed by atoms with Gasteiger partial charge in [0.05, 0.1) is 0 Å². The molecule has 90 valence electrons. The van der Waals surface area contributed by atoms with E-state index in [-0.39, 0.29) is 11.5 Å². The highest BCUT2D eigenvalue weighted by Crippen LogP contribution is 2.20. The number of hydrogen-bond acceptors (Lipinski definition) is 2. The molecule has 1 aromatic carbocycles. The number of benzene rings is 1. The van der Waals surface area contributed by atoms with E-state index >= 15 is 0 Å². The summed E-state index contributed by atoms with van der Waals surface area (Å²) in [6, 6.07) is 2.07. The number of nitrogens with zero attached hydrogens (tertiary/aromatic N) is 1. The average Bonchev–Trinajstić information content (AvgIpc) is 2.64. The van der Waals surface area contributed by atoms with E-state index in [1.807, 2.05) is 0 Å². The second-order valence-electron chi connectivity index (χ2n) is 3.56. The van der Waals surface area contributed by atoms with E-state index in [9.17, 15) is 13.6 Å².